The van der Waals surface area contributed by atoms with Gasteiger partial charge in [-0.3, -0.25) is 24.0 Å². The first-order valence-corrected chi connectivity index (χ1v) is 21.9. The molecule has 5 amide bonds. The molecular formula is C42H67N9O7S. The molecule has 0 radical (unpaired) electrons. The van der Waals surface area contributed by atoms with Crippen LogP contribution in [0.15, 0.2) is 29.6 Å². The molecule has 0 aliphatic carbocycles. The summed E-state index contributed by atoms with van der Waals surface area (Å²) in [6.45, 7) is 10.5. The first-order chi connectivity index (χ1) is 28.1. The number of benzene rings is 1. The Morgan fingerprint density at radius 2 is 1.58 bits per heavy atom. The van der Waals surface area contributed by atoms with E-state index in [9.17, 15) is 33.9 Å². The zero-order valence-electron chi connectivity index (χ0n) is 35.3. The van der Waals surface area contributed by atoms with Gasteiger partial charge in [0.2, 0.25) is 29.5 Å². The first-order valence-electron chi connectivity index (χ1n) is 21.0. The van der Waals surface area contributed by atoms with Gasteiger partial charge >= 0.3 is 5.97 Å². The van der Waals surface area contributed by atoms with E-state index in [1.807, 2.05) is 57.3 Å². The fraction of sp³-hybridized carbons (Fsp3) is 0.643. The van der Waals surface area contributed by atoms with Gasteiger partial charge in [0, 0.05) is 23.9 Å². The topological polar surface area (TPSA) is 265 Å². The first kappa shape index (κ1) is 48.9. The highest BCUT2D eigenvalue weighted by molar-refractivity contribution is 7.13. The van der Waals surface area contributed by atoms with Gasteiger partial charge in [-0.15, -0.1) is 11.3 Å². The fourth-order valence-electron chi connectivity index (χ4n) is 7.08. The van der Waals surface area contributed by atoms with Crippen LogP contribution in [-0.4, -0.2) is 106 Å². The number of hydrogen-bond acceptors (Lipinski definition) is 11. The van der Waals surface area contributed by atoms with E-state index in [0.29, 0.717) is 70.2 Å². The maximum absolute atomic E-state index is 14.3. The largest absolute Gasteiger partial charge is 0.480 e. The highest BCUT2D eigenvalue weighted by Gasteiger charge is 2.40. The van der Waals surface area contributed by atoms with E-state index in [0.717, 1.165) is 22.6 Å². The molecule has 17 heteroatoms. The number of rotatable bonds is 25. The van der Waals surface area contributed by atoms with E-state index < -0.39 is 71.8 Å². The van der Waals surface area contributed by atoms with E-state index in [1.54, 1.807) is 6.92 Å². The molecule has 16 nitrogen and oxygen atoms in total. The summed E-state index contributed by atoms with van der Waals surface area (Å²) >= 11 is 1.39. The number of carbonyl (C=O) groups excluding carboxylic acids is 5. The number of carboxylic acid groups (broad SMARTS) is 1. The Balaban J connectivity index is 1.90. The molecule has 0 saturated carbocycles. The van der Waals surface area contributed by atoms with Crippen molar-refractivity contribution < 1.29 is 33.9 Å². The normalized spacial score (nSPS) is 17.0. The average Bonchev–Trinajstić information content (AvgIpc) is 3.89. The third-order valence-electron chi connectivity index (χ3n) is 10.7. The number of aromatic nitrogens is 1. The van der Waals surface area contributed by atoms with Gasteiger partial charge in [-0.1, -0.05) is 64.3 Å². The molecule has 11 N–H and O–H groups in total. The van der Waals surface area contributed by atoms with Gasteiger partial charge in [0.25, 0.3) is 0 Å². The molecule has 1 saturated heterocycles. The second-order valence-corrected chi connectivity index (χ2v) is 17.0. The molecule has 7 atom stereocenters. The Labute approximate surface area is 352 Å². The van der Waals surface area contributed by atoms with E-state index in [2.05, 4.69) is 21.3 Å². The zero-order chi connectivity index (χ0) is 43.6. The van der Waals surface area contributed by atoms with Crippen molar-refractivity contribution in [2.45, 2.75) is 141 Å². The van der Waals surface area contributed by atoms with Gasteiger partial charge in [-0.2, -0.15) is 0 Å². The Kier molecular flexibility index (Phi) is 20.4. The lowest BCUT2D eigenvalue weighted by molar-refractivity contribution is -0.143. The van der Waals surface area contributed by atoms with Crippen molar-refractivity contribution in [3.05, 3.63) is 40.9 Å². The Hall–Kier alpha value is -4.45. The van der Waals surface area contributed by atoms with Crippen LogP contribution in [0.4, 0.5) is 0 Å². The summed E-state index contributed by atoms with van der Waals surface area (Å²) in [5.41, 5.74) is 20.0. The summed E-state index contributed by atoms with van der Waals surface area (Å²) in [6.07, 6.45) is 4.80. The standard InChI is InChI=1S/C42H67N9O7S/c1-6-27(5)35(39(55)49-33(42(57)58)21-25(2)3)50-37(53)32(23-29-24-59-40(46-29)28-14-11-13-26(4)22-28)48-38(54)34-17-12-20-51(34)41(56)31(16-8-10-19-44)47-36(52)30(45)15-7-9-18-43/h11,13-14,22,24-25,27,30-35H,6-10,12,15-21,23,43-45H2,1-5H3,(H,47,52)(H,48,54)(H,49,55)(H,50,53)(H,57,58)/t27-,30-,31-,32-,33-,34-,35-/m0/s1. The average molecular weight is 842 g/mol. The molecule has 1 fully saturated rings. The molecule has 1 aromatic heterocycles. The Morgan fingerprint density at radius 3 is 2.20 bits per heavy atom. The molecule has 1 aromatic carbocycles. The van der Waals surface area contributed by atoms with Crippen LogP contribution in [0.25, 0.3) is 10.6 Å². The maximum Gasteiger partial charge on any atom is 0.326 e. The van der Waals surface area contributed by atoms with Gasteiger partial charge in [0.15, 0.2) is 0 Å². The van der Waals surface area contributed by atoms with Crippen LogP contribution in [0, 0.1) is 18.8 Å². The van der Waals surface area contributed by atoms with Gasteiger partial charge in [0.05, 0.1) is 11.7 Å². The van der Waals surface area contributed by atoms with Gasteiger partial charge in [-0.25, -0.2) is 9.78 Å². The number of aliphatic carboxylic acids is 1. The summed E-state index contributed by atoms with van der Waals surface area (Å²) in [6, 6.07) is 1.67. The lowest BCUT2D eigenvalue weighted by Crippen LogP contribution is -2.60. The van der Waals surface area contributed by atoms with E-state index in [-0.39, 0.29) is 31.2 Å². The molecule has 1 aliphatic rings. The smallest absolute Gasteiger partial charge is 0.326 e. The Bertz CT molecular complexity index is 1710. The number of amides is 5. The monoisotopic (exact) mass is 841 g/mol. The molecule has 3 rings (SSSR count). The number of thiazole rings is 1. The molecule has 2 aromatic rings. The van der Waals surface area contributed by atoms with Crippen molar-refractivity contribution in [1.82, 2.24) is 31.2 Å². The quantitative estimate of drug-likeness (QED) is 0.0673. The lowest BCUT2D eigenvalue weighted by atomic mass is 9.96. The third kappa shape index (κ3) is 15.3. The Morgan fingerprint density at radius 1 is 0.898 bits per heavy atom. The van der Waals surface area contributed by atoms with Crippen molar-refractivity contribution in [2.75, 3.05) is 19.6 Å². The summed E-state index contributed by atoms with van der Waals surface area (Å²) in [5.74, 6) is -4.34. The van der Waals surface area contributed by atoms with Crippen molar-refractivity contribution in [2.24, 2.45) is 29.0 Å². The van der Waals surface area contributed by atoms with Crippen molar-refractivity contribution in [1.29, 1.82) is 0 Å². The summed E-state index contributed by atoms with van der Waals surface area (Å²) in [7, 11) is 0. The minimum Gasteiger partial charge on any atom is -0.480 e. The highest BCUT2D eigenvalue weighted by Crippen LogP contribution is 2.26. The summed E-state index contributed by atoms with van der Waals surface area (Å²) in [4.78, 5) is 87.7. The highest BCUT2D eigenvalue weighted by atomic mass is 32.1. The molecule has 1 aliphatic heterocycles. The number of likely N-dealkylation sites (tertiary alicyclic amines) is 1. The number of nitrogens with two attached hydrogens (primary N) is 3. The second-order valence-electron chi connectivity index (χ2n) is 16.1. The maximum atomic E-state index is 14.3. The van der Waals surface area contributed by atoms with Gasteiger partial charge in [-0.05, 0) is 89.3 Å². The van der Waals surface area contributed by atoms with Crippen LogP contribution in [0.2, 0.25) is 0 Å². The SMILES string of the molecule is CC[C@H](C)[C@H](NC(=O)[C@H](Cc1csc(-c2cccc(C)c2)n1)NC(=O)[C@@H]1CCCN1C(=O)[C@H](CCCCN)NC(=O)[C@@H](N)CCCCN)C(=O)N[C@@H](CC(C)C)C(=O)O. The molecule has 0 bridgehead atoms. The minimum atomic E-state index is -1.22. The van der Waals surface area contributed by atoms with Crippen molar-refractivity contribution in [3.8, 4) is 10.6 Å². The molecule has 0 spiro atoms. The molecule has 328 valence electrons. The van der Waals surface area contributed by atoms with E-state index >= 15 is 0 Å². The molecule has 0 unspecified atom stereocenters. The number of hydrogen-bond donors (Lipinski definition) is 8. The van der Waals surface area contributed by atoms with Crippen LogP contribution < -0.4 is 38.5 Å². The fourth-order valence-corrected chi connectivity index (χ4v) is 7.91. The second kappa shape index (κ2) is 24.6. The molecule has 59 heavy (non-hydrogen) atoms. The zero-order valence-corrected chi connectivity index (χ0v) is 36.2. The van der Waals surface area contributed by atoms with Crippen LogP contribution in [0.5, 0.6) is 0 Å². The predicted octanol–water partition coefficient (Wildman–Crippen LogP) is 2.35. The molecule has 2 heterocycles. The summed E-state index contributed by atoms with van der Waals surface area (Å²) < 4.78 is 0. The minimum absolute atomic E-state index is 0.0148. The number of aryl methyl sites for hydroxylation is 1. The van der Waals surface area contributed by atoms with E-state index in [4.69, 9.17) is 22.2 Å². The number of nitrogens with zero attached hydrogens (tertiary/aromatic N) is 2. The third-order valence-corrected chi connectivity index (χ3v) is 11.6. The van der Waals surface area contributed by atoms with Gasteiger partial charge in [0.1, 0.15) is 35.2 Å². The predicted molar refractivity (Wildman–Crippen MR) is 229 cm³/mol. The van der Waals surface area contributed by atoms with E-state index in [1.165, 1.54) is 16.2 Å². The molecular weight excluding hydrogens is 775 g/mol. The van der Waals surface area contributed by atoms with Crippen LogP contribution >= 0.6 is 11.3 Å². The van der Waals surface area contributed by atoms with Crippen LogP contribution in [0.1, 0.15) is 103 Å². The van der Waals surface area contributed by atoms with Crippen LogP contribution in [0.3, 0.4) is 0 Å². The van der Waals surface area contributed by atoms with Crippen LogP contribution in [-0.2, 0) is 35.2 Å². The number of nitrogens with one attached hydrogen (secondary N) is 4. The van der Waals surface area contributed by atoms with Crippen molar-refractivity contribution in [3.63, 3.8) is 0 Å². The summed E-state index contributed by atoms with van der Waals surface area (Å²) in [5, 5.41) is 23.5. The van der Waals surface area contributed by atoms with Crippen molar-refractivity contribution >= 4 is 46.8 Å². The number of carbonyl (C=O) groups is 6. The number of unbranched alkanes of at least 4 members (excludes halogenated alkanes) is 2. The number of carboxylic acids is 1. The lowest BCUT2D eigenvalue weighted by Gasteiger charge is -2.31. The van der Waals surface area contributed by atoms with Gasteiger partial charge < -0.3 is 48.5 Å².